The maximum absolute atomic E-state index is 9.27. The number of hydrogen-bond acceptors (Lipinski definition) is 3. The van der Waals surface area contributed by atoms with Crippen LogP contribution in [-0.2, 0) is 4.74 Å². The average Bonchev–Trinajstić information content (AvgIpc) is 2.31. The Morgan fingerprint density at radius 1 is 1.38 bits per heavy atom. The molecule has 0 N–H and O–H groups in total. The van der Waals surface area contributed by atoms with Gasteiger partial charge in [0.25, 0.3) is 0 Å². The van der Waals surface area contributed by atoms with E-state index in [0.29, 0.717) is 13.2 Å². The molecule has 0 aliphatic carbocycles. The molecule has 1 saturated heterocycles. The molecule has 0 amide bonds. The Morgan fingerprint density at radius 2 is 2.12 bits per heavy atom. The van der Waals surface area contributed by atoms with Crippen molar-refractivity contribution in [3.8, 4) is 6.07 Å². The second-order valence-corrected chi connectivity index (χ2v) is 4.65. The van der Waals surface area contributed by atoms with E-state index in [1.165, 1.54) is 0 Å². The van der Waals surface area contributed by atoms with Crippen molar-refractivity contribution in [2.45, 2.75) is 6.04 Å². The Balaban J connectivity index is 2.18. The smallest absolute Gasteiger partial charge is 0.124 e. The minimum Gasteiger partial charge on any atom is -0.379 e. The standard InChI is InChI=1S/C12H13BrN2O/c13-11-3-1-2-10(8-11)12(9-14)15-4-6-16-7-5-15/h1-3,8,12H,4-7H2. The zero-order valence-electron chi connectivity index (χ0n) is 8.90. The van der Waals surface area contributed by atoms with Crippen molar-refractivity contribution in [2.24, 2.45) is 0 Å². The summed E-state index contributed by atoms with van der Waals surface area (Å²) in [6.07, 6.45) is 0. The third-order valence-electron chi connectivity index (χ3n) is 2.70. The number of ether oxygens (including phenoxy) is 1. The maximum Gasteiger partial charge on any atom is 0.124 e. The molecule has 1 atom stereocenters. The van der Waals surface area contributed by atoms with E-state index in [1.54, 1.807) is 0 Å². The number of rotatable bonds is 2. The highest BCUT2D eigenvalue weighted by Crippen LogP contribution is 2.23. The van der Waals surface area contributed by atoms with Crippen molar-refractivity contribution in [1.29, 1.82) is 5.26 Å². The number of halogens is 1. The number of hydrogen-bond donors (Lipinski definition) is 0. The summed E-state index contributed by atoms with van der Waals surface area (Å²) in [5.41, 5.74) is 1.04. The van der Waals surface area contributed by atoms with Crippen LogP contribution in [0.4, 0.5) is 0 Å². The molecule has 1 unspecified atom stereocenters. The van der Waals surface area contributed by atoms with Crippen LogP contribution in [0.5, 0.6) is 0 Å². The van der Waals surface area contributed by atoms with Crippen LogP contribution in [-0.4, -0.2) is 31.2 Å². The van der Waals surface area contributed by atoms with Gasteiger partial charge in [0.15, 0.2) is 0 Å². The number of nitrogens with zero attached hydrogens (tertiary/aromatic N) is 2. The van der Waals surface area contributed by atoms with Gasteiger partial charge in [0.2, 0.25) is 0 Å². The fourth-order valence-corrected chi connectivity index (χ4v) is 2.30. The highest BCUT2D eigenvalue weighted by molar-refractivity contribution is 9.10. The molecular weight excluding hydrogens is 268 g/mol. The molecule has 1 fully saturated rings. The van der Waals surface area contributed by atoms with Crippen LogP contribution in [0.15, 0.2) is 28.7 Å². The normalized spacial score (nSPS) is 19.0. The van der Waals surface area contributed by atoms with Gasteiger partial charge in [-0.1, -0.05) is 28.1 Å². The molecule has 4 heteroatoms. The molecule has 1 heterocycles. The van der Waals surface area contributed by atoms with Gasteiger partial charge in [-0.3, -0.25) is 4.90 Å². The van der Waals surface area contributed by atoms with E-state index in [1.807, 2.05) is 24.3 Å². The Bertz CT molecular complexity index is 396. The van der Waals surface area contributed by atoms with Gasteiger partial charge in [-0.15, -0.1) is 0 Å². The summed E-state index contributed by atoms with van der Waals surface area (Å²) in [7, 11) is 0. The molecule has 3 nitrogen and oxygen atoms in total. The lowest BCUT2D eigenvalue weighted by molar-refractivity contribution is 0.0266. The number of nitriles is 1. The van der Waals surface area contributed by atoms with Crippen molar-refractivity contribution >= 4 is 15.9 Å². The SMILES string of the molecule is N#CC(c1cccc(Br)c1)N1CCOCC1. The molecule has 0 bridgehead atoms. The first-order chi connectivity index (χ1) is 7.81. The Morgan fingerprint density at radius 3 is 2.75 bits per heavy atom. The average molecular weight is 281 g/mol. The van der Waals surface area contributed by atoms with E-state index in [0.717, 1.165) is 23.1 Å². The zero-order chi connectivity index (χ0) is 11.4. The summed E-state index contributed by atoms with van der Waals surface area (Å²) in [6, 6.07) is 10.1. The summed E-state index contributed by atoms with van der Waals surface area (Å²) >= 11 is 3.43. The summed E-state index contributed by atoms with van der Waals surface area (Å²) in [6.45, 7) is 3.08. The monoisotopic (exact) mass is 280 g/mol. The Labute approximate surface area is 104 Å². The first-order valence-corrected chi connectivity index (χ1v) is 6.07. The van der Waals surface area contributed by atoms with Crippen LogP contribution in [0.25, 0.3) is 0 Å². The van der Waals surface area contributed by atoms with Gasteiger partial charge in [0.1, 0.15) is 6.04 Å². The van der Waals surface area contributed by atoms with E-state index in [-0.39, 0.29) is 6.04 Å². The topological polar surface area (TPSA) is 36.3 Å². The van der Waals surface area contributed by atoms with Crippen LogP contribution in [0.3, 0.4) is 0 Å². The predicted molar refractivity (Wildman–Crippen MR) is 64.9 cm³/mol. The maximum atomic E-state index is 9.27. The molecule has 84 valence electrons. The fourth-order valence-electron chi connectivity index (χ4n) is 1.88. The van der Waals surface area contributed by atoms with E-state index < -0.39 is 0 Å². The molecule has 1 aliphatic heterocycles. The Hall–Kier alpha value is -0.890. The van der Waals surface area contributed by atoms with Crippen molar-refractivity contribution in [3.05, 3.63) is 34.3 Å². The molecule has 0 aromatic heterocycles. The minimum absolute atomic E-state index is 0.165. The number of benzene rings is 1. The van der Waals surface area contributed by atoms with Crippen molar-refractivity contribution in [3.63, 3.8) is 0 Å². The lowest BCUT2D eigenvalue weighted by atomic mass is 10.1. The zero-order valence-corrected chi connectivity index (χ0v) is 10.5. The van der Waals surface area contributed by atoms with Gasteiger partial charge in [-0.25, -0.2) is 0 Å². The second kappa shape index (κ2) is 5.44. The van der Waals surface area contributed by atoms with Crippen LogP contribution in [0.1, 0.15) is 11.6 Å². The van der Waals surface area contributed by atoms with E-state index in [9.17, 15) is 5.26 Å². The van der Waals surface area contributed by atoms with Crippen molar-refractivity contribution in [1.82, 2.24) is 4.90 Å². The van der Waals surface area contributed by atoms with Crippen molar-refractivity contribution in [2.75, 3.05) is 26.3 Å². The fraction of sp³-hybridized carbons (Fsp3) is 0.417. The molecule has 0 radical (unpaired) electrons. The van der Waals surface area contributed by atoms with E-state index >= 15 is 0 Å². The molecule has 0 spiro atoms. The second-order valence-electron chi connectivity index (χ2n) is 3.73. The summed E-state index contributed by atoms with van der Waals surface area (Å²) in [4.78, 5) is 2.16. The van der Waals surface area contributed by atoms with Gasteiger partial charge >= 0.3 is 0 Å². The predicted octanol–water partition coefficient (Wildman–Crippen LogP) is 2.35. The summed E-state index contributed by atoms with van der Waals surface area (Å²) in [5, 5.41) is 9.27. The van der Waals surface area contributed by atoms with Gasteiger partial charge in [-0.05, 0) is 17.7 Å². The highest BCUT2D eigenvalue weighted by atomic mass is 79.9. The van der Waals surface area contributed by atoms with Crippen LogP contribution < -0.4 is 0 Å². The van der Waals surface area contributed by atoms with Crippen LogP contribution in [0, 0.1) is 11.3 Å². The lowest BCUT2D eigenvalue weighted by Gasteiger charge is -2.30. The largest absolute Gasteiger partial charge is 0.379 e. The van der Waals surface area contributed by atoms with Gasteiger partial charge in [-0.2, -0.15) is 5.26 Å². The summed E-state index contributed by atoms with van der Waals surface area (Å²) in [5.74, 6) is 0. The van der Waals surface area contributed by atoms with Gasteiger partial charge in [0.05, 0.1) is 19.3 Å². The number of morpholine rings is 1. The van der Waals surface area contributed by atoms with Crippen LogP contribution >= 0.6 is 15.9 Å². The Kier molecular flexibility index (Phi) is 3.94. The minimum atomic E-state index is -0.165. The molecule has 16 heavy (non-hydrogen) atoms. The molecule has 1 aliphatic rings. The third kappa shape index (κ3) is 2.62. The first-order valence-electron chi connectivity index (χ1n) is 5.28. The molecule has 1 aromatic rings. The first kappa shape index (κ1) is 11.6. The van der Waals surface area contributed by atoms with Crippen molar-refractivity contribution < 1.29 is 4.74 Å². The van der Waals surface area contributed by atoms with E-state index in [2.05, 4.69) is 26.9 Å². The highest BCUT2D eigenvalue weighted by Gasteiger charge is 2.22. The lowest BCUT2D eigenvalue weighted by Crippen LogP contribution is -2.38. The third-order valence-corrected chi connectivity index (χ3v) is 3.19. The molecule has 1 aromatic carbocycles. The molecule has 0 saturated carbocycles. The van der Waals surface area contributed by atoms with Gasteiger partial charge < -0.3 is 4.74 Å². The molecular formula is C12H13BrN2O. The summed E-state index contributed by atoms with van der Waals surface area (Å²) < 4.78 is 6.31. The van der Waals surface area contributed by atoms with Gasteiger partial charge in [0, 0.05) is 17.6 Å². The molecule has 2 rings (SSSR count). The quantitative estimate of drug-likeness (QED) is 0.835. The van der Waals surface area contributed by atoms with E-state index in [4.69, 9.17) is 4.74 Å². The van der Waals surface area contributed by atoms with Crippen LogP contribution in [0.2, 0.25) is 0 Å².